The number of hydrogen-bond acceptors (Lipinski definition) is 2. The first-order valence-electron chi connectivity index (χ1n) is 5.63. The molecule has 0 spiro atoms. The molecule has 1 heterocycles. The summed E-state index contributed by atoms with van der Waals surface area (Å²) in [6.07, 6.45) is 2.90. The van der Waals surface area contributed by atoms with Gasteiger partial charge in [-0.3, -0.25) is 9.59 Å². The normalized spacial score (nSPS) is 15.6. The molecule has 6 heteroatoms. The summed E-state index contributed by atoms with van der Waals surface area (Å²) < 4.78 is 0. The second kappa shape index (κ2) is 5.63. The van der Waals surface area contributed by atoms with Gasteiger partial charge in [0.05, 0.1) is 5.92 Å². The van der Waals surface area contributed by atoms with E-state index in [0.29, 0.717) is 15.6 Å². The van der Waals surface area contributed by atoms with Crippen molar-refractivity contribution < 1.29 is 14.7 Å². The van der Waals surface area contributed by atoms with Crippen LogP contribution < -0.4 is 0 Å². The lowest BCUT2D eigenvalue weighted by molar-refractivity contribution is -0.151. The highest BCUT2D eigenvalue weighted by Gasteiger charge is 2.34. The van der Waals surface area contributed by atoms with Gasteiger partial charge in [0.2, 0.25) is 5.91 Å². The monoisotopic (exact) mass is 299 g/mol. The number of nitrogens with zero attached hydrogens (tertiary/aromatic N) is 1. The fourth-order valence-corrected chi connectivity index (χ4v) is 2.27. The first-order valence-corrected chi connectivity index (χ1v) is 6.38. The number of carboxylic acid groups (broad SMARTS) is 1. The second-order valence-electron chi connectivity index (χ2n) is 4.25. The molecule has 1 aliphatic heterocycles. The fraction of sp³-hybridized carbons (Fsp3) is 0.231. The summed E-state index contributed by atoms with van der Waals surface area (Å²) in [5, 5.41) is 9.65. The van der Waals surface area contributed by atoms with E-state index in [9.17, 15) is 9.59 Å². The molecule has 19 heavy (non-hydrogen) atoms. The van der Waals surface area contributed by atoms with Gasteiger partial charge in [-0.2, -0.15) is 0 Å². The molecule has 100 valence electrons. The van der Waals surface area contributed by atoms with E-state index in [1.165, 1.54) is 11.0 Å². The summed E-state index contributed by atoms with van der Waals surface area (Å²) >= 11 is 11.9. The predicted molar refractivity (Wildman–Crippen MR) is 73.2 cm³/mol. The van der Waals surface area contributed by atoms with Crippen molar-refractivity contribution in [3.63, 3.8) is 0 Å². The maximum Gasteiger partial charge on any atom is 0.310 e. The Labute approximate surface area is 120 Å². The third-order valence-electron chi connectivity index (χ3n) is 2.93. The van der Waals surface area contributed by atoms with Crippen LogP contribution in [0.1, 0.15) is 5.56 Å². The van der Waals surface area contributed by atoms with Crippen LogP contribution in [0, 0.1) is 5.92 Å². The van der Waals surface area contributed by atoms with E-state index in [1.807, 2.05) is 0 Å². The maximum absolute atomic E-state index is 11.7. The molecule has 0 saturated carbocycles. The molecule has 1 N–H and O–H groups in total. The van der Waals surface area contributed by atoms with E-state index >= 15 is 0 Å². The molecule has 1 fully saturated rings. The number of aliphatic carboxylic acids is 1. The quantitative estimate of drug-likeness (QED) is 0.873. The number of carbonyl (C=O) groups is 2. The topological polar surface area (TPSA) is 57.6 Å². The van der Waals surface area contributed by atoms with E-state index in [-0.39, 0.29) is 19.0 Å². The SMILES string of the molecule is O=C(O)C1CN(C(=O)C=Cc2c(Cl)cccc2Cl)C1. The zero-order valence-corrected chi connectivity index (χ0v) is 11.4. The smallest absolute Gasteiger partial charge is 0.310 e. The molecule has 0 bridgehead atoms. The lowest BCUT2D eigenvalue weighted by Crippen LogP contribution is -2.52. The molecule has 2 rings (SSSR count). The zero-order valence-electron chi connectivity index (χ0n) is 9.85. The summed E-state index contributed by atoms with van der Waals surface area (Å²) in [6, 6.07) is 5.08. The highest BCUT2D eigenvalue weighted by Crippen LogP contribution is 2.25. The van der Waals surface area contributed by atoms with Gasteiger partial charge in [-0.1, -0.05) is 29.3 Å². The van der Waals surface area contributed by atoms with Crippen molar-refractivity contribution >= 4 is 41.2 Å². The van der Waals surface area contributed by atoms with Crippen LogP contribution in [0.25, 0.3) is 6.08 Å². The third kappa shape index (κ3) is 3.08. The average molecular weight is 300 g/mol. The first kappa shape index (κ1) is 13.9. The van der Waals surface area contributed by atoms with Gasteiger partial charge in [-0.15, -0.1) is 0 Å². The van der Waals surface area contributed by atoms with Crippen LogP contribution in [0.3, 0.4) is 0 Å². The molecule has 1 saturated heterocycles. The Hall–Kier alpha value is -1.52. The summed E-state index contributed by atoms with van der Waals surface area (Å²) in [7, 11) is 0. The molecule has 0 radical (unpaired) electrons. The number of rotatable bonds is 3. The number of carboxylic acids is 1. The molecule has 1 amide bonds. The minimum absolute atomic E-state index is 0.242. The van der Waals surface area contributed by atoms with E-state index in [0.717, 1.165) is 0 Å². The van der Waals surface area contributed by atoms with Gasteiger partial charge in [0.15, 0.2) is 0 Å². The zero-order chi connectivity index (χ0) is 14.0. The minimum Gasteiger partial charge on any atom is -0.481 e. The number of carbonyl (C=O) groups excluding carboxylic acids is 1. The van der Waals surface area contributed by atoms with Gasteiger partial charge in [-0.25, -0.2) is 0 Å². The largest absolute Gasteiger partial charge is 0.481 e. The Morgan fingerprint density at radius 1 is 1.26 bits per heavy atom. The molecular formula is C13H11Cl2NO3. The van der Waals surface area contributed by atoms with Crippen molar-refractivity contribution in [1.29, 1.82) is 0 Å². The highest BCUT2D eigenvalue weighted by molar-refractivity contribution is 6.37. The molecule has 0 atom stereocenters. The lowest BCUT2D eigenvalue weighted by atomic mass is 10.0. The van der Waals surface area contributed by atoms with Crippen molar-refractivity contribution in [2.24, 2.45) is 5.92 Å². The van der Waals surface area contributed by atoms with Gasteiger partial charge in [-0.05, 0) is 18.2 Å². The van der Waals surface area contributed by atoms with Crippen LogP contribution in [-0.4, -0.2) is 35.0 Å². The highest BCUT2D eigenvalue weighted by atomic mass is 35.5. The summed E-state index contributed by atoms with van der Waals surface area (Å²) in [6.45, 7) is 0.490. The average Bonchev–Trinajstić information content (AvgIpc) is 2.25. The van der Waals surface area contributed by atoms with Crippen molar-refractivity contribution in [3.05, 3.63) is 39.9 Å². The van der Waals surface area contributed by atoms with Gasteiger partial charge >= 0.3 is 5.97 Å². The van der Waals surface area contributed by atoms with Crippen LogP contribution in [-0.2, 0) is 9.59 Å². The Balaban J connectivity index is 2.00. The van der Waals surface area contributed by atoms with Gasteiger partial charge in [0.1, 0.15) is 0 Å². The molecule has 4 nitrogen and oxygen atoms in total. The maximum atomic E-state index is 11.7. The number of benzene rings is 1. The van der Waals surface area contributed by atoms with E-state index in [2.05, 4.69) is 0 Å². The molecule has 0 aromatic heterocycles. The lowest BCUT2D eigenvalue weighted by Gasteiger charge is -2.35. The van der Waals surface area contributed by atoms with Crippen molar-refractivity contribution in [2.75, 3.05) is 13.1 Å². The van der Waals surface area contributed by atoms with Crippen molar-refractivity contribution in [2.45, 2.75) is 0 Å². The third-order valence-corrected chi connectivity index (χ3v) is 3.59. The standard InChI is InChI=1S/C13H11Cl2NO3/c14-10-2-1-3-11(15)9(10)4-5-12(17)16-6-8(7-16)13(18)19/h1-5,8H,6-7H2,(H,18,19). The molecule has 1 aromatic carbocycles. The van der Waals surface area contributed by atoms with Crippen LogP contribution in [0.4, 0.5) is 0 Å². The van der Waals surface area contributed by atoms with E-state index < -0.39 is 11.9 Å². The Morgan fingerprint density at radius 2 is 1.84 bits per heavy atom. The summed E-state index contributed by atoms with van der Waals surface area (Å²) in [5.41, 5.74) is 0.578. The second-order valence-corrected chi connectivity index (χ2v) is 5.06. The number of halogens is 2. The number of likely N-dealkylation sites (tertiary alicyclic amines) is 1. The van der Waals surface area contributed by atoms with Crippen LogP contribution in [0.5, 0.6) is 0 Å². The Kier molecular flexibility index (Phi) is 4.12. The summed E-state index contributed by atoms with van der Waals surface area (Å²) in [5.74, 6) is -1.57. The van der Waals surface area contributed by atoms with Gasteiger partial charge < -0.3 is 10.0 Å². The molecule has 0 unspecified atom stereocenters. The van der Waals surface area contributed by atoms with Crippen molar-refractivity contribution in [3.8, 4) is 0 Å². The number of hydrogen-bond donors (Lipinski definition) is 1. The van der Waals surface area contributed by atoms with E-state index in [1.54, 1.807) is 24.3 Å². The molecule has 0 aliphatic carbocycles. The van der Waals surface area contributed by atoms with Gasteiger partial charge in [0.25, 0.3) is 0 Å². The fourth-order valence-electron chi connectivity index (χ4n) is 1.74. The van der Waals surface area contributed by atoms with Crippen LogP contribution in [0.2, 0.25) is 10.0 Å². The van der Waals surface area contributed by atoms with Crippen LogP contribution >= 0.6 is 23.2 Å². The molecule has 1 aromatic rings. The number of amides is 1. The Bertz CT molecular complexity index is 531. The van der Waals surface area contributed by atoms with Crippen molar-refractivity contribution in [1.82, 2.24) is 4.90 Å². The van der Waals surface area contributed by atoms with Crippen LogP contribution in [0.15, 0.2) is 24.3 Å². The molecule has 1 aliphatic rings. The first-order chi connectivity index (χ1) is 8.99. The predicted octanol–water partition coefficient (Wildman–Crippen LogP) is 2.55. The summed E-state index contributed by atoms with van der Waals surface area (Å²) in [4.78, 5) is 23.8. The van der Waals surface area contributed by atoms with Gasteiger partial charge in [0, 0.05) is 34.8 Å². The van der Waals surface area contributed by atoms with E-state index in [4.69, 9.17) is 28.3 Å². The molecular weight excluding hydrogens is 289 g/mol. The minimum atomic E-state index is -0.873. The Morgan fingerprint density at radius 3 is 2.37 bits per heavy atom.